The molecule has 0 aliphatic rings. The normalized spacial score (nSPS) is 12.3. The maximum atomic E-state index is 12.8. The molecule has 0 saturated heterocycles. The van der Waals surface area contributed by atoms with Crippen molar-refractivity contribution >= 4 is 29.0 Å². The van der Waals surface area contributed by atoms with E-state index in [-0.39, 0.29) is 23.4 Å². The number of aromatic amines is 1. The van der Waals surface area contributed by atoms with Crippen LogP contribution < -0.4 is 10.9 Å². The Morgan fingerprint density at radius 1 is 1.15 bits per heavy atom. The van der Waals surface area contributed by atoms with Crippen LogP contribution in [0.2, 0.25) is 0 Å². The molecule has 0 saturated carbocycles. The fourth-order valence-electron chi connectivity index (χ4n) is 2.97. The van der Waals surface area contributed by atoms with Crippen molar-refractivity contribution in [2.24, 2.45) is 13.0 Å². The van der Waals surface area contributed by atoms with Gasteiger partial charge in [0, 0.05) is 12.6 Å². The first-order chi connectivity index (χ1) is 12.4. The molecule has 0 bridgehead atoms. The molecule has 0 spiro atoms. The zero-order valence-corrected chi connectivity index (χ0v) is 15.8. The van der Waals surface area contributed by atoms with Crippen LogP contribution in [0.4, 0.5) is 0 Å². The van der Waals surface area contributed by atoms with Crippen molar-refractivity contribution < 1.29 is 4.79 Å². The number of rotatable bonds is 4. The van der Waals surface area contributed by atoms with Crippen LogP contribution in [0.3, 0.4) is 0 Å². The zero-order valence-electron chi connectivity index (χ0n) is 14.9. The van der Waals surface area contributed by atoms with Crippen LogP contribution in [0.1, 0.15) is 35.8 Å². The topological polar surface area (TPSA) is 66.9 Å². The third kappa shape index (κ3) is 3.46. The van der Waals surface area contributed by atoms with Crippen molar-refractivity contribution in [3.05, 3.63) is 74.8 Å². The highest BCUT2D eigenvalue weighted by atomic mass is 32.1. The number of hydrogen-bond acceptors (Lipinski definition) is 3. The highest BCUT2D eigenvalue weighted by Gasteiger charge is 2.19. The Hall–Kier alpha value is -2.73. The van der Waals surface area contributed by atoms with Gasteiger partial charge in [0.25, 0.3) is 11.5 Å². The van der Waals surface area contributed by atoms with Gasteiger partial charge in [-0.15, -0.1) is 0 Å². The zero-order chi connectivity index (χ0) is 18.8. The van der Waals surface area contributed by atoms with Gasteiger partial charge in [-0.05, 0) is 41.9 Å². The van der Waals surface area contributed by atoms with Gasteiger partial charge >= 0.3 is 0 Å². The van der Waals surface area contributed by atoms with Gasteiger partial charge in [-0.2, -0.15) is 0 Å². The molecule has 134 valence electrons. The lowest BCUT2D eigenvalue weighted by molar-refractivity contribution is 0.0925. The average molecular weight is 367 g/mol. The Bertz CT molecular complexity index is 1070. The standard InChI is InChI=1S/C20H21N3O2S/c1-12(2)17(13-7-5-4-6-8-13)22-18(24)14-9-10-15-16(11-14)21-20(26)23(3)19(15)25/h4-12,17H,1-3H3,(H,21,26)(H,22,24)/t17-/m0/s1. The minimum Gasteiger partial charge on any atom is -0.345 e. The molecule has 1 aromatic heterocycles. The third-order valence-corrected chi connectivity index (χ3v) is 4.85. The van der Waals surface area contributed by atoms with Gasteiger partial charge < -0.3 is 10.3 Å². The van der Waals surface area contributed by atoms with E-state index in [0.717, 1.165) is 5.56 Å². The van der Waals surface area contributed by atoms with E-state index < -0.39 is 0 Å². The smallest absolute Gasteiger partial charge is 0.261 e. The van der Waals surface area contributed by atoms with Crippen molar-refractivity contribution in [1.82, 2.24) is 14.9 Å². The Balaban J connectivity index is 1.95. The van der Waals surface area contributed by atoms with Crippen LogP contribution in [-0.2, 0) is 7.05 Å². The summed E-state index contributed by atoms with van der Waals surface area (Å²) in [6.45, 7) is 4.14. The number of benzene rings is 2. The Kier molecular flexibility index (Phi) is 5.04. The van der Waals surface area contributed by atoms with Gasteiger partial charge in [-0.25, -0.2) is 0 Å². The van der Waals surface area contributed by atoms with Gasteiger partial charge in [0.2, 0.25) is 0 Å². The first-order valence-corrected chi connectivity index (χ1v) is 8.88. The summed E-state index contributed by atoms with van der Waals surface area (Å²) in [6.07, 6.45) is 0. The van der Waals surface area contributed by atoms with Crippen LogP contribution in [0.25, 0.3) is 10.9 Å². The summed E-state index contributed by atoms with van der Waals surface area (Å²) in [4.78, 5) is 28.0. The van der Waals surface area contributed by atoms with Crippen molar-refractivity contribution in [3.8, 4) is 0 Å². The van der Waals surface area contributed by atoms with E-state index >= 15 is 0 Å². The Labute approximate surface area is 156 Å². The van der Waals surface area contributed by atoms with Crippen LogP contribution >= 0.6 is 12.2 Å². The van der Waals surface area contributed by atoms with Crippen molar-refractivity contribution in [2.45, 2.75) is 19.9 Å². The molecule has 5 nitrogen and oxygen atoms in total. The summed E-state index contributed by atoms with van der Waals surface area (Å²) in [6, 6.07) is 14.8. The Morgan fingerprint density at radius 3 is 2.50 bits per heavy atom. The van der Waals surface area contributed by atoms with Crippen LogP contribution in [0, 0.1) is 10.7 Å². The van der Waals surface area contributed by atoms with Crippen molar-refractivity contribution in [2.75, 3.05) is 0 Å². The molecule has 2 aromatic carbocycles. The van der Waals surface area contributed by atoms with E-state index in [0.29, 0.717) is 21.2 Å². The molecule has 0 radical (unpaired) electrons. The minimum absolute atomic E-state index is 0.0958. The first-order valence-electron chi connectivity index (χ1n) is 8.47. The third-order valence-electron chi connectivity index (χ3n) is 4.47. The van der Waals surface area contributed by atoms with Gasteiger partial charge in [-0.1, -0.05) is 44.2 Å². The number of nitrogens with zero attached hydrogens (tertiary/aromatic N) is 1. The van der Waals surface area contributed by atoms with Crippen molar-refractivity contribution in [3.63, 3.8) is 0 Å². The molecule has 1 heterocycles. The highest BCUT2D eigenvalue weighted by molar-refractivity contribution is 7.71. The number of H-pyrrole nitrogens is 1. The summed E-state index contributed by atoms with van der Waals surface area (Å²) in [7, 11) is 1.62. The quantitative estimate of drug-likeness (QED) is 0.691. The summed E-state index contributed by atoms with van der Waals surface area (Å²) in [5.74, 6) is 0.0503. The van der Waals surface area contributed by atoms with Gasteiger partial charge in [0.1, 0.15) is 0 Å². The molecule has 0 aliphatic heterocycles. The molecule has 0 aliphatic carbocycles. The van der Waals surface area contributed by atoms with Crippen molar-refractivity contribution in [1.29, 1.82) is 0 Å². The number of carbonyl (C=O) groups is 1. The predicted octanol–water partition coefficient (Wildman–Crippen LogP) is 3.72. The fraction of sp³-hybridized carbons (Fsp3) is 0.250. The summed E-state index contributed by atoms with van der Waals surface area (Å²) in [5, 5.41) is 3.59. The van der Waals surface area contributed by atoms with E-state index in [1.54, 1.807) is 25.2 Å². The van der Waals surface area contributed by atoms with Gasteiger partial charge in [0.05, 0.1) is 16.9 Å². The van der Waals surface area contributed by atoms with E-state index in [1.807, 2.05) is 30.3 Å². The Morgan fingerprint density at radius 2 is 1.85 bits per heavy atom. The summed E-state index contributed by atoms with van der Waals surface area (Å²) < 4.78 is 1.70. The number of aromatic nitrogens is 2. The average Bonchev–Trinajstić information content (AvgIpc) is 2.64. The second-order valence-corrected chi connectivity index (χ2v) is 7.05. The summed E-state index contributed by atoms with van der Waals surface area (Å²) in [5.41, 5.74) is 1.93. The molecular weight excluding hydrogens is 346 g/mol. The lowest BCUT2D eigenvalue weighted by Gasteiger charge is -2.23. The second kappa shape index (κ2) is 7.25. The molecule has 0 unspecified atom stereocenters. The number of carbonyl (C=O) groups excluding carboxylic acids is 1. The monoisotopic (exact) mass is 367 g/mol. The van der Waals surface area contributed by atoms with Gasteiger partial charge in [0.15, 0.2) is 4.77 Å². The largest absolute Gasteiger partial charge is 0.345 e. The molecule has 26 heavy (non-hydrogen) atoms. The molecular formula is C20H21N3O2S. The van der Waals surface area contributed by atoms with E-state index in [1.165, 1.54) is 4.57 Å². The van der Waals surface area contributed by atoms with E-state index in [2.05, 4.69) is 24.1 Å². The number of nitrogens with one attached hydrogen (secondary N) is 2. The van der Waals surface area contributed by atoms with Gasteiger partial charge in [-0.3, -0.25) is 14.2 Å². The number of fused-ring (bicyclic) bond motifs is 1. The molecule has 2 N–H and O–H groups in total. The van der Waals surface area contributed by atoms with E-state index in [4.69, 9.17) is 12.2 Å². The maximum Gasteiger partial charge on any atom is 0.261 e. The first kappa shape index (κ1) is 18.1. The fourth-order valence-corrected chi connectivity index (χ4v) is 3.16. The number of amides is 1. The molecule has 0 fully saturated rings. The molecule has 1 amide bonds. The molecule has 3 rings (SSSR count). The minimum atomic E-state index is -0.186. The molecule has 3 aromatic rings. The van der Waals surface area contributed by atoms with Crippen LogP contribution in [-0.4, -0.2) is 15.5 Å². The SMILES string of the molecule is CC(C)[C@H](NC(=O)c1ccc2c(=O)n(C)c(=S)[nH]c2c1)c1ccccc1. The summed E-state index contributed by atoms with van der Waals surface area (Å²) >= 11 is 5.15. The second-order valence-electron chi connectivity index (χ2n) is 6.66. The molecule has 6 heteroatoms. The highest BCUT2D eigenvalue weighted by Crippen LogP contribution is 2.22. The predicted molar refractivity (Wildman–Crippen MR) is 106 cm³/mol. The lowest BCUT2D eigenvalue weighted by Crippen LogP contribution is -2.31. The van der Waals surface area contributed by atoms with Crippen LogP contribution in [0.5, 0.6) is 0 Å². The molecule has 1 atom stereocenters. The van der Waals surface area contributed by atoms with E-state index in [9.17, 15) is 9.59 Å². The number of hydrogen-bond donors (Lipinski definition) is 2. The van der Waals surface area contributed by atoms with Crippen LogP contribution in [0.15, 0.2) is 53.3 Å². The lowest BCUT2D eigenvalue weighted by atomic mass is 9.95. The maximum absolute atomic E-state index is 12.8.